The predicted octanol–water partition coefficient (Wildman–Crippen LogP) is 4.15. The number of aromatic nitrogens is 3. The molecule has 24 heavy (non-hydrogen) atoms. The fourth-order valence-corrected chi connectivity index (χ4v) is 2.67. The summed E-state index contributed by atoms with van der Waals surface area (Å²) in [4.78, 5) is 8.98. The molecule has 0 fully saturated rings. The summed E-state index contributed by atoms with van der Waals surface area (Å²) in [7, 11) is 0. The van der Waals surface area contributed by atoms with Crippen LogP contribution in [0.1, 0.15) is 5.56 Å². The first-order chi connectivity index (χ1) is 11.7. The molecule has 0 atom stereocenters. The van der Waals surface area contributed by atoms with Crippen LogP contribution in [0.25, 0.3) is 17.0 Å². The van der Waals surface area contributed by atoms with Gasteiger partial charge in [0.25, 0.3) is 0 Å². The summed E-state index contributed by atoms with van der Waals surface area (Å²) < 4.78 is 1.93. The van der Waals surface area contributed by atoms with Crippen molar-refractivity contribution in [1.82, 2.24) is 14.4 Å². The maximum Gasteiger partial charge on any atom is 0.235 e. The normalized spacial score (nSPS) is 10.9. The van der Waals surface area contributed by atoms with E-state index < -0.39 is 0 Å². The highest BCUT2D eigenvalue weighted by atomic mass is 16.3. The number of fused-ring (bicyclic) bond motifs is 1. The van der Waals surface area contributed by atoms with Gasteiger partial charge in [-0.1, -0.05) is 18.2 Å². The molecule has 0 saturated carbocycles. The van der Waals surface area contributed by atoms with Crippen molar-refractivity contribution in [3.63, 3.8) is 0 Å². The van der Waals surface area contributed by atoms with E-state index in [9.17, 15) is 5.11 Å². The second kappa shape index (κ2) is 5.70. The Balaban J connectivity index is 1.90. The number of anilines is 2. The van der Waals surface area contributed by atoms with Gasteiger partial charge < -0.3 is 10.4 Å². The molecule has 0 aliphatic carbocycles. The molecule has 4 aromatic rings. The molecule has 0 bridgehead atoms. The number of phenols is 1. The number of hydrogen-bond acceptors (Lipinski definition) is 4. The van der Waals surface area contributed by atoms with Gasteiger partial charge in [-0.15, -0.1) is 0 Å². The molecule has 2 aromatic carbocycles. The minimum Gasteiger partial charge on any atom is -0.508 e. The molecule has 0 amide bonds. The quantitative estimate of drug-likeness (QED) is 0.596. The summed E-state index contributed by atoms with van der Waals surface area (Å²) in [5.41, 5.74) is 3.86. The first kappa shape index (κ1) is 14.3. The van der Waals surface area contributed by atoms with Crippen molar-refractivity contribution in [1.29, 1.82) is 0 Å². The molecule has 2 N–H and O–H groups in total. The number of phenolic OH excluding ortho intramolecular Hbond substituents is 1. The van der Waals surface area contributed by atoms with Crippen molar-refractivity contribution in [2.75, 3.05) is 5.32 Å². The lowest BCUT2D eigenvalue weighted by molar-refractivity contribution is 0.475. The smallest absolute Gasteiger partial charge is 0.235 e. The maximum absolute atomic E-state index is 9.53. The second-order valence-corrected chi connectivity index (χ2v) is 5.59. The Hall–Kier alpha value is -3.34. The third kappa shape index (κ3) is 2.46. The Morgan fingerprint density at radius 1 is 1.00 bits per heavy atom. The summed E-state index contributed by atoms with van der Waals surface area (Å²) in [6, 6.07) is 17.0. The zero-order valence-corrected chi connectivity index (χ0v) is 13.1. The molecule has 5 heteroatoms. The molecule has 0 aliphatic heterocycles. The molecular formula is C19H16N4O. The number of imidazole rings is 1. The van der Waals surface area contributed by atoms with E-state index in [1.54, 1.807) is 18.3 Å². The van der Waals surface area contributed by atoms with E-state index in [1.165, 1.54) is 0 Å². The predicted molar refractivity (Wildman–Crippen MR) is 94.5 cm³/mol. The van der Waals surface area contributed by atoms with Gasteiger partial charge in [-0.25, -0.2) is 9.97 Å². The van der Waals surface area contributed by atoms with Gasteiger partial charge in [0.1, 0.15) is 17.3 Å². The van der Waals surface area contributed by atoms with Crippen LogP contribution in [-0.4, -0.2) is 19.5 Å². The molecule has 118 valence electrons. The van der Waals surface area contributed by atoms with Gasteiger partial charge in [0.15, 0.2) is 0 Å². The lowest BCUT2D eigenvalue weighted by Crippen LogP contribution is -1.98. The zero-order valence-electron chi connectivity index (χ0n) is 13.1. The van der Waals surface area contributed by atoms with E-state index in [1.807, 2.05) is 47.0 Å². The number of aryl methyl sites for hydroxylation is 1. The highest BCUT2D eigenvalue weighted by Gasteiger charge is 2.15. The van der Waals surface area contributed by atoms with Gasteiger partial charge in [0.05, 0.1) is 0 Å². The fourth-order valence-electron chi connectivity index (χ4n) is 2.67. The summed E-state index contributed by atoms with van der Waals surface area (Å²) in [6.45, 7) is 2.06. The van der Waals surface area contributed by atoms with Gasteiger partial charge in [-0.05, 0) is 48.9 Å². The monoisotopic (exact) mass is 316 g/mol. The Bertz CT molecular complexity index is 1010. The second-order valence-electron chi connectivity index (χ2n) is 5.59. The average molecular weight is 316 g/mol. The standard InChI is InChI=1S/C19H16N4O/c1-13-5-2-3-6-16(13)21-18-17(14-7-9-15(24)10-8-14)22-19-20-11-4-12-23(18)19/h2-12,21,24H,1H3. The lowest BCUT2D eigenvalue weighted by Gasteiger charge is -2.11. The molecule has 5 nitrogen and oxygen atoms in total. The number of nitrogens with one attached hydrogen (secondary N) is 1. The zero-order chi connectivity index (χ0) is 16.5. The van der Waals surface area contributed by atoms with E-state index in [0.717, 1.165) is 28.3 Å². The minimum absolute atomic E-state index is 0.231. The van der Waals surface area contributed by atoms with Crippen LogP contribution in [0.4, 0.5) is 11.5 Å². The highest BCUT2D eigenvalue weighted by molar-refractivity contribution is 5.79. The number of rotatable bonds is 3. The van der Waals surface area contributed by atoms with Crippen molar-refractivity contribution < 1.29 is 5.11 Å². The van der Waals surface area contributed by atoms with E-state index in [4.69, 9.17) is 0 Å². The summed E-state index contributed by atoms with van der Waals surface area (Å²) in [5, 5.41) is 13.0. The Kier molecular flexibility index (Phi) is 3.39. The van der Waals surface area contributed by atoms with Crippen LogP contribution < -0.4 is 5.32 Å². The fraction of sp³-hybridized carbons (Fsp3) is 0.0526. The number of para-hydroxylation sites is 1. The minimum atomic E-state index is 0.231. The average Bonchev–Trinajstić information content (AvgIpc) is 2.96. The molecule has 0 saturated heterocycles. The van der Waals surface area contributed by atoms with Crippen LogP contribution in [0.3, 0.4) is 0 Å². The third-order valence-corrected chi connectivity index (χ3v) is 3.94. The largest absolute Gasteiger partial charge is 0.508 e. The highest BCUT2D eigenvalue weighted by Crippen LogP contribution is 2.32. The van der Waals surface area contributed by atoms with Crippen LogP contribution in [0.2, 0.25) is 0 Å². The van der Waals surface area contributed by atoms with E-state index in [-0.39, 0.29) is 5.75 Å². The van der Waals surface area contributed by atoms with E-state index in [2.05, 4.69) is 28.3 Å². The number of aromatic hydroxyl groups is 1. The molecule has 2 heterocycles. The Morgan fingerprint density at radius 2 is 1.79 bits per heavy atom. The van der Waals surface area contributed by atoms with Crippen molar-refractivity contribution in [3.8, 4) is 17.0 Å². The molecule has 0 unspecified atom stereocenters. The van der Waals surface area contributed by atoms with Gasteiger partial charge in [0, 0.05) is 23.6 Å². The summed E-state index contributed by atoms with van der Waals surface area (Å²) in [5.74, 6) is 1.70. The molecular weight excluding hydrogens is 300 g/mol. The van der Waals surface area contributed by atoms with Crippen molar-refractivity contribution in [3.05, 3.63) is 72.6 Å². The Labute approximate surface area is 139 Å². The third-order valence-electron chi connectivity index (χ3n) is 3.94. The number of nitrogens with zero attached hydrogens (tertiary/aromatic N) is 3. The molecule has 0 aliphatic rings. The van der Waals surface area contributed by atoms with E-state index >= 15 is 0 Å². The van der Waals surface area contributed by atoms with Crippen LogP contribution in [0.5, 0.6) is 5.75 Å². The lowest BCUT2D eigenvalue weighted by atomic mass is 10.1. The van der Waals surface area contributed by atoms with Crippen molar-refractivity contribution in [2.45, 2.75) is 6.92 Å². The number of hydrogen-bond donors (Lipinski definition) is 2. The van der Waals surface area contributed by atoms with Gasteiger partial charge in [0.2, 0.25) is 5.78 Å². The molecule has 0 radical (unpaired) electrons. The van der Waals surface area contributed by atoms with Gasteiger partial charge in [-0.2, -0.15) is 0 Å². The molecule has 2 aromatic heterocycles. The Morgan fingerprint density at radius 3 is 2.58 bits per heavy atom. The first-order valence-corrected chi connectivity index (χ1v) is 7.67. The van der Waals surface area contributed by atoms with Crippen molar-refractivity contribution >= 4 is 17.3 Å². The van der Waals surface area contributed by atoms with Crippen LogP contribution in [-0.2, 0) is 0 Å². The van der Waals surface area contributed by atoms with Crippen LogP contribution in [0, 0.1) is 6.92 Å². The van der Waals surface area contributed by atoms with E-state index in [0.29, 0.717) is 5.78 Å². The summed E-state index contributed by atoms with van der Waals surface area (Å²) in [6.07, 6.45) is 3.65. The van der Waals surface area contributed by atoms with Crippen molar-refractivity contribution in [2.24, 2.45) is 0 Å². The van der Waals surface area contributed by atoms with Crippen LogP contribution >= 0.6 is 0 Å². The molecule has 4 rings (SSSR count). The van der Waals surface area contributed by atoms with Crippen LogP contribution in [0.15, 0.2) is 67.0 Å². The maximum atomic E-state index is 9.53. The number of benzene rings is 2. The van der Waals surface area contributed by atoms with Gasteiger partial charge >= 0.3 is 0 Å². The molecule has 0 spiro atoms. The van der Waals surface area contributed by atoms with Gasteiger partial charge in [-0.3, -0.25) is 4.40 Å². The topological polar surface area (TPSA) is 62.5 Å². The SMILES string of the molecule is Cc1ccccc1Nc1c(-c2ccc(O)cc2)nc2ncccn12. The first-order valence-electron chi connectivity index (χ1n) is 7.67. The summed E-state index contributed by atoms with van der Waals surface area (Å²) >= 11 is 0.